The van der Waals surface area contributed by atoms with Gasteiger partial charge in [0.15, 0.2) is 0 Å². The van der Waals surface area contributed by atoms with E-state index in [1.807, 2.05) is 18.7 Å². The Hall–Kier alpha value is -1.24. The molecule has 5 nitrogen and oxygen atoms in total. The van der Waals surface area contributed by atoms with Gasteiger partial charge in [-0.25, -0.2) is 9.37 Å². The molecule has 0 aromatic carbocycles. The topological polar surface area (TPSA) is 65.8 Å². The van der Waals surface area contributed by atoms with E-state index in [1.165, 1.54) is 6.07 Å². The van der Waals surface area contributed by atoms with Gasteiger partial charge in [0.2, 0.25) is 0 Å². The minimum Gasteiger partial charge on any atom is -0.394 e. The van der Waals surface area contributed by atoms with Crippen LogP contribution in [0.25, 0.3) is 0 Å². The Labute approximate surface area is 111 Å². The van der Waals surface area contributed by atoms with E-state index in [1.54, 1.807) is 0 Å². The molecule has 2 heterocycles. The minimum atomic E-state index is -0.473. The van der Waals surface area contributed by atoms with E-state index in [0.29, 0.717) is 24.5 Å². The molecule has 1 aromatic rings. The van der Waals surface area contributed by atoms with Crippen molar-refractivity contribution >= 4 is 5.82 Å². The number of aliphatic hydroxyl groups is 2. The van der Waals surface area contributed by atoms with Gasteiger partial charge in [0, 0.05) is 18.7 Å². The molecule has 1 saturated heterocycles. The molecule has 0 saturated carbocycles. The highest BCUT2D eigenvalue weighted by Gasteiger charge is 2.34. The molecule has 0 bridgehead atoms. The predicted molar refractivity (Wildman–Crippen MR) is 68.4 cm³/mol. The highest BCUT2D eigenvalue weighted by molar-refractivity contribution is 5.47. The molecule has 2 N–H and O–H groups in total. The molecular formula is C13H19FN2O3. The Bertz CT molecular complexity index is 454. The van der Waals surface area contributed by atoms with Gasteiger partial charge in [0.25, 0.3) is 0 Å². The van der Waals surface area contributed by atoms with E-state index < -0.39 is 11.4 Å². The second-order valence-corrected chi connectivity index (χ2v) is 5.36. The maximum atomic E-state index is 13.1. The number of rotatable bonds is 3. The number of hydrogen-bond acceptors (Lipinski definition) is 5. The summed E-state index contributed by atoms with van der Waals surface area (Å²) in [6, 6.07) is 1.28. The second-order valence-electron chi connectivity index (χ2n) is 5.36. The van der Waals surface area contributed by atoms with Crippen LogP contribution in [0, 0.1) is 5.82 Å². The maximum absolute atomic E-state index is 13.1. The zero-order valence-corrected chi connectivity index (χ0v) is 11.1. The number of anilines is 1. The first kappa shape index (κ1) is 14.2. The van der Waals surface area contributed by atoms with Gasteiger partial charge >= 0.3 is 0 Å². The number of nitrogens with zero attached hydrogens (tertiary/aromatic N) is 2. The summed E-state index contributed by atoms with van der Waals surface area (Å²) in [7, 11) is 0. The SMILES string of the molecule is CC1(C)CN(c2ncc(F)cc2CO)CC(CO)O1. The summed E-state index contributed by atoms with van der Waals surface area (Å²) in [4.78, 5) is 5.97. The highest BCUT2D eigenvalue weighted by atomic mass is 19.1. The van der Waals surface area contributed by atoms with E-state index in [9.17, 15) is 14.6 Å². The smallest absolute Gasteiger partial charge is 0.142 e. The number of halogens is 1. The van der Waals surface area contributed by atoms with Crippen molar-refractivity contribution in [3.05, 3.63) is 23.6 Å². The fourth-order valence-electron chi connectivity index (χ4n) is 2.43. The second kappa shape index (κ2) is 5.40. The molecule has 0 radical (unpaired) electrons. The largest absolute Gasteiger partial charge is 0.394 e. The van der Waals surface area contributed by atoms with Crippen LogP contribution in [0.5, 0.6) is 0 Å². The van der Waals surface area contributed by atoms with Crippen molar-refractivity contribution in [3.63, 3.8) is 0 Å². The first-order valence-electron chi connectivity index (χ1n) is 6.24. The van der Waals surface area contributed by atoms with Crippen LogP contribution in [-0.4, -0.2) is 46.6 Å². The number of hydrogen-bond donors (Lipinski definition) is 2. The molecule has 1 atom stereocenters. The number of aliphatic hydroxyl groups excluding tert-OH is 2. The van der Waals surface area contributed by atoms with Crippen LogP contribution in [0.1, 0.15) is 19.4 Å². The molecule has 1 fully saturated rings. The van der Waals surface area contributed by atoms with Crippen molar-refractivity contribution in [1.82, 2.24) is 4.98 Å². The standard InChI is InChI=1S/C13H19FN2O3/c1-13(2)8-16(5-11(7-18)19-13)12-9(6-17)3-10(14)4-15-12/h3-4,11,17-18H,5-8H2,1-2H3. The van der Waals surface area contributed by atoms with Gasteiger partial charge < -0.3 is 19.8 Å². The average Bonchev–Trinajstić information content (AvgIpc) is 2.36. The molecule has 6 heteroatoms. The van der Waals surface area contributed by atoms with E-state index in [0.717, 1.165) is 6.20 Å². The average molecular weight is 270 g/mol. The monoisotopic (exact) mass is 270 g/mol. The number of morpholine rings is 1. The molecule has 19 heavy (non-hydrogen) atoms. The lowest BCUT2D eigenvalue weighted by molar-refractivity contribution is -0.101. The summed E-state index contributed by atoms with van der Waals surface area (Å²) < 4.78 is 18.9. The Morgan fingerprint density at radius 3 is 2.89 bits per heavy atom. The lowest BCUT2D eigenvalue weighted by Crippen LogP contribution is -2.54. The molecule has 2 rings (SSSR count). The third-order valence-corrected chi connectivity index (χ3v) is 3.06. The first-order valence-corrected chi connectivity index (χ1v) is 6.24. The molecule has 0 spiro atoms. The van der Waals surface area contributed by atoms with Crippen LogP contribution in [0.2, 0.25) is 0 Å². The highest BCUT2D eigenvalue weighted by Crippen LogP contribution is 2.27. The van der Waals surface area contributed by atoms with Crippen LogP contribution >= 0.6 is 0 Å². The first-order chi connectivity index (χ1) is 8.95. The van der Waals surface area contributed by atoms with Crippen LogP contribution in [0.15, 0.2) is 12.3 Å². The van der Waals surface area contributed by atoms with Crippen molar-refractivity contribution in [2.24, 2.45) is 0 Å². The van der Waals surface area contributed by atoms with Crippen molar-refractivity contribution in [2.45, 2.75) is 32.2 Å². The summed E-state index contributed by atoms with van der Waals surface area (Å²) in [5.41, 5.74) is 0.00318. The lowest BCUT2D eigenvalue weighted by Gasteiger charge is -2.43. The summed E-state index contributed by atoms with van der Waals surface area (Å²) >= 11 is 0. The Morgan fingerprint density at radius 1 is 1.53 bits per heavy atom. The van der Waals surface area contributed by atoms with Gasteiger partial charge in [-0.2, -0.15) is 0 Å². The summed E-state index contributed by atoms with van der Waals surface area (Å²) in [5, 5.41) is 18.6. The molecule has 1 aliphatic rings. The van der Waals surface area contributed by atoms with Crippen molar-refractivity contribution in [2.75, 3.05) is 24.6 Å². The molecular weight excluding hydrogens is 251 g/mol. The number of ether oxygens (including phenoxy) is 1. The number of aromatic nitrogens is 1. The van der Waals surface area contributed by atoms with Crippen molar-refractivity contribution in [1.29, 1.82) is 0 Å². The summed E-state index contributed by atoms with van der Waals surface area (Å²) in [5.74, 6) is 0.0674. The molecule has 1 unspecified atom stereocenters. The van der Waals surface area contributed by atoms with Gasteiger partial charge in [0.1, 0.15) is 11.6 Å². The zero-order valence-electron chi connectivity index (χ0n) is 11.1. The molecule has 0 aliphatic carbocycles. The van der Waals surface area contributed by atoms with Crippen LogP contribution in [0.4, 0.5) is 10.2 Å². The fraction of sp³-hybridized carbons (Fsp3) is 0.615. The van der Waals surface area contributed by atoms with Crippen LogP contribution in [0.3, 0.4) is 0 Å². The Morgan fingerprint density at radius 2 is 2.26 bits per heavy atom. The third-order valence-electron chi connectivity index (χ3n) is 3.06. The predicted octanol–water partition coefficient (Wildman–Crippen LogP) is 0.689. The zero-order chi connectivity index (χ0) is 14.0. The summed E-state index contributed by atoms with van der Waals surface area (Å²) in [6.45, 7) is 4.51. The normalized spacial score (nSPS) is 22.6. The van der Waals surface area contributed by atoms with Gasteiger partial charge in [-0.05, 0) is 19.9 Å². The van der Waals surface area contributed by atoms with Gasteiger partial charge in [-0.15, -0.1) is 0 Å². The van der Waals surface area contributed by atoms with Gasteiger partial charge in [0.05, 0.1) is 31.1 Å². The van der Waals surface area contributed by atoms with E-state index >= 15 is 0 Å². The fourth-order valence-corrected chi connectivity index (χ4v) is 2.43. The quantitative estimate of drug-likeness (QED) is 0.846. The number of pyridine rings is 1. The third kappa shape index (κ3) is 3.20. The van der Waals surface area contributed by atoms with Crippen molar-refractivity contribution in [3.8, 4) is 0 Å². The minimum absolute atomic E-state index is 0.0877. The van der Waals surface area contributed by atoms with E-state index in [2.05, 4.69) is 4.98 Å². The van der Waals surface area contributed by atoms with Gasteiger partial charge in [-0.1, -0.05) is 0 Å². The molecule has 1 aliphatic heterocycles. The Kier molecular flexibility index (Phi) is 4.03. The van der Waals surface area contributed by atoms with Crippen LogP contribution < -0.4 is 4.90 Å². The molecule has 106 valence electrons. The maximum Gasteiger partial charge on any atom is 0.142 e. The molecule has 0 amide bonds. The Balaban J connectivity index is 2.30. The van der Waals surface area contributed by atoms with Crippen molar-refractivity contribution < 1.29 is 19.3 Å². The lowest BCUT2D eigenvalue weighted by atomic mass is 10.0. The molecule has 1 aromatic heterocycles. The van der Waals surface area contributed by atoms with Gasteiger partial charge in [-0.3, -0.25) is 0 Å². The van der Waals surface area contributed by atoms with Crippen LogP contribution in [-0.2, 0) is 11.3 Å². The van der Waals surface area contributed by atoms with E-state index in [4.69, 9.17) is 4.74 Å². The van der Waals surface area contributed by atoms with E-state index in [-0.39, 0.29) is 19.3 Å². The summed E-state index contributed by atoms with van der Waals surface area (Å²) in [6.07, 6.45) is 0.812.